The minimum Gasteiger partial charge on any atom is -0.493 e. The fourth-order valence-electron chi connectivity index (χ4n) is 6.04. The van der Waals surface area contributed by atoms with E-state index in [0.29, 0.717) is 34.2 Å². The summed E-state index contributed by atoms with van der Waals surface area (Å²) in [6.07, 6.45) is -0.131. The lowest BCUT2D eigenvalue weighted by Gasteiger charge is -2.19. The predicted octanol–water partition coefficient (Wildman–Crippen LogP) is 6.92. The molecule has 0 atom stereocenters. The van der Waals surface area contributed by atoms with Crippen molar-refractivity contribution in [2.45, 2.75) is 39.2 Å². The number of aliphatic carboxylic acids is 1. The number of carboxylic acids is 1. The Labute approximate surface area is 368 Å². The molecular formula is C46H50N6O12. The Bertz CT molecular complexity index is 2620. The van der Waals surface area contributed by atoms with Crippen LogP contribution in [0.15, 0.2) is 84.9 Å². The second-order valence-corrected chi connectivity index (χ2v) is 14.7. The molecule has 64 heavy (non-hydrogen) atoms. The number of para-hydroxylation sites is 2. The molecule has 0 saturated carbocycles. The summed E-state index contributed by atoms with van der Waals surface area (Å²) >= 11 is 0. The van der Waals surface area contributed by atoms with E-state index in [9.17, 15) is 19.2 Å². The topological polar surface area (TPSA) is 255 Å². The Morgan fingerprint density at radius 1 is 0.578 bits per heavy atom. The van der Waals surface area contributed by atoms with Crippen molar-refractivity contribution in [3.63, 3.8) is 0 Å². The van der Waals surface area contributed by atoms with E-state index in [4.69, 9.17) is 49.7 Å². The highest BCUT2D eigenvalue weighted by atomic mass is 16.6. The molecule has 2 heterocycles. The molecule has 7 N–H and O–H groups in total. The van der Waals surface area contributed by atoms with E-state index in [1.54, 1.807) is 45.0 Å². The average molecular weight is 879 g/mol. The first kappa shape index (κ1) is 47.0. The maximum atomic E-state index is 12.7. The number of nitrogens with zero attached hydrogens (tertiary/aromatic N) is 2. The zero-order valence-electron chi connectivity index (χ0n) is 36.4. The number of benzene rings is 4. The van der Waals surface area contributed by atoms with Gasteiger partial charge in [0.05, 0.1) is 41.3 Å². The molecule has 2 amide bonds. The highest BCUT2D eigenvalue weighted by molar-refractivity contribution is 5.97. The number of anilines is 2. The molecule has 2 aromatic heterocycles. The van der Waals surface area contributed by atoms with Gasteiger partial charge in [0.15, 0.2) is 34.5 Å². The Morgan fingerprint density at radius 3 is 1.33 bits per heavy atom. The molecule has 0 aliphatic heterocycles. The van der Waals surface area contributed by atoms with Gasteiger partial charge in [0.25, 0.3) is 11.8 Å². The predicted molar refractivity (Wildman–Crippen MR) is 239 cm³/mol. The van der Waals surface area contributed by atoms with Crippen molar-refractivity contribution < 1.29 is 57.4 Å². The van der Waals surface area contributed by atoms with Gasteiger partial charge in [-0.2, -0.15) is 0 Å². The number of carboxylic acid groups (broad SMARTS) is 1. The lowest BCUT2D eigenvalue weighted by molar-refractivity contribution is -0.154. The Morgan fingerprint density at radius 2 is 0.969 bits per heavy atom. The van der Waals surface area contributed by atoms with Gasteiger partial charge in [0, 0.05) is 35.0 Å². The van der Waals surface area contributed by atoms with Crippen LogP contribution in [-0.4, -0.2) is 86.0 Å². The van der Waals surface area contributed by atoms with Crippen LogP contribution in [0.1, 0.15) is 54.3 Å². The molecule has 0 aliphatic carbocycles. The normalized spacial score (nSPS) is 10.8. The molecular weight excluding hydrogens is 829 g/mol. The van der Waals surface area contributed by atoms with Crippen molar-refractivity contribution in [1.29, 1.82) is 0 Å². The van der Waals surface area contributed by atoms with Gasteiger partial charge in [-0.1, -0.05) is 24.3 Å². The fraction of sp³-hybridized carbons (Fsp3) is 0.261. The van der Waals surface area contributed by atoms with E-state index in [0.717, 1.165) is 10.8 Å². The van der Waals surface area contributed by atoms with Gasteiger partial charge in [-0.15, -0.1) is 0 Å². The Hall–Kier alpha value is -8.02. The van der Waals surface area contributed by atoms with Gasteiger partial charge >= 0.3 is 11.9 Å². The quantitative estimate of drug-likeness (QED) is 0.0619. The number of nitrogen functional groups attached to an aromatic ring is 2. The summed E-state index contributed by atoms with van der Waals surface area (Å²) in [7, 11) is 5.80. The standard InChI is InChI=1S/C25H29N3O6.C21H21N3O6/c1-25(2,3)34-21(29)11-12-27-24(30)16-13-18(31-4)23(19(14-16)32-5)33-17-8-6-7-15-9-10-20(26)28-22(15)17;1-28-15-10-13(21(27)23-9-8-18(25)26)11-16(29-2)20(15)30-14-5-3-4-12-6-7-17(22)24-19(12)14/h6-10,13-14H,11-12H2,1-5H3,(H2,26,28)(H,27,30);3-7,10-11H,8-9H2,1-2H3,(H2,22,24)(H,23,27)(H,25,26). The molecule has 0 spiro atoms. The number of hydrogen-bond donors (Lipinski definition) is 5. The van der Waals surface area contributed by atoms with Crippen LogP contribution in [-0.2, 0) is 14.3 Å². The number of nitrogens with one attached hydrogen (secondary N) is 2. The first-order valence-corrected chi connectivity index (χ1v) is 19.7. The molecule has 4 aromatic carbocycles. The maximum absolute atomic E-state index is 12.7. The van der Waals surface area contributed by atoms with Gasteiger partial charge in [0.2, 0.25) is 11.5 Å². The average Bonchev–Trinajstić information content (AvgIpc) is 3.26. The summed E-state index contributed by atoms with van der Waals surface area (Å²) in [5.74, 6) is 1.01. The smallest absolute Gasteiger partial charge is 0.308 e. The number of amides is 2. The zero-order chi connectivity index (χ0) is 46.6. The van der Waals surface area contributed by atoms with E-state index in [-0.39, 0.29) is 71.6 Å². The summed E-state index contributed by atoms with van der Waals surface area (Å²) in [6.45, 7) is 5.48. The summed E-state index contributed by atoms with van der Waals surface area (Å²) in [5.41, 5.74) is 12.7. The molecule has 6 rings (SSSR count). The van der Waals surface area contributed by atoms with Gasteiger partial charge in [-0.25, -0.2) is 9.97 Å². The number of fused-ring (bicyclic) bond motifs is 2. The summed E-state index contributed by atoms with van der Waals surface area (Å²) < 4.78 is 39.2. The Kier molecular flexibility index (Phi) is 15.6. The van der Waals surface area contributed by atoms with Crippen molar-refractivity contribution in [2.24, 2.45) is 0 Å². The van der Waals surface area contributed by atoms with Gasteiger partial charge in [-0.05, 0) is 81.4 Å². The van der Waals surface area contributed by atoms with E-state index >= 15 is 0 Å². The lowest BCUT2D eigenvalue weighted by Crippen LogP contribution is -2.29. The zero-order valence-corrected chi connectivity index (χ0v) is 36.4. The molecule has 0 radical (unpaired) electrons. The number of aromatic nitrogens is 2. The first-order valence-electron chi connectivity index (χ1n) is 19.7. The summed E-state index contributed by atoms with van der Waals surface area (Å²) in [5, 5.41) is 15.6. The van der Waals surface area contributed by atoms with Crippen LogP contribution in [0.4, 0.5) is 11.6 Å². The number of hydrogen-bond acceptors (Lipinski definition) is 15. The number of methoxy groups -OCH3 is 4. The number of pyridine rings is 2. The molecule has 6 aromatic rings. The number of nitrogens with two attached hydrogens (primary N) is 2. The largest absolute Gasteiger partial charge is 0.493 e. The molecule has 18 nitrogen and oxygen atoms in total. The minimum absolute atomic E-state index is 0.000144. The minimum atomic E-state index is -1.00. The molecule has 0 unspecified atom stereocenters. The van der Waals surface area contributed by atoms with Crippen molar-refractivity contribution >= 4 is 57.2 Å². The van der Waals surface area contributed by atoms with Crippen LogP contribution in [0.5, 0.6) is 46.0 Å². The first-order chi connectivity index (χ1) is 30.5. The lowest BCUT2D eigenvalue weighted by atomic mass is 10.1. The SMILES string of the molecule is COc1cc(C(=O)NCCC(=O)O)cc(OC)c1Oc1cccc2ccc(N)nc12.COc1cc(C(=O)NCCC(=O)OC(C)(C)C)cc(OC)c1Oc1cccc2ccc(N)nc12. The second kappa shape index (κ2) is 21.2. The third-order valence-electron chi connectivity index (χ3n) is 8.94. The van der Waals surface area contributed by atoms with E-state index in [2.05, 4.69) is 20.6 Å². The van der Waals surface area contributed by atoms with E-state index in [1.165, 1.54) is 52.7 Å². The third kappa shape index (κ3) is 12.3. The number of carbonyl (C=O) groups is 4. The number of esters is 1. The highest BCUT2D eigenvalue weighted by Gasteiger charge is 2.22. The van der Waals surface area contributed by atoms with Crippen LogP contribution >= 0.6 is 0 Å². The molecule has 0 saturated heterocycles. The summed E-state index contributed by atoms with van der Waals surface area (Å²) in [6, 6.07) is 24.1. The van der Waals surface area contributed by atoms with Crippen LogP contribution in [0.2, 0.25) is 0 Å². The van der Waals surface area contributed by atoms with Crippen molar-refractivity contribution in [2.75, 3.05) is 53.0 Å². The number of carbonyl (C=O) groups excluding carboxylic acids is 3. The fourth-order valence-corrected chi connectivity index (χ4v) is 6.04. The van der Waals surface area contributed by atoms with Crippen LogP contribution < -0.4 is 50.5 Å². The van der Waals surface area contributed by atoms with Gasteiger partial charge in [0.1, 0.15) is 28.3 Å². The van der Waals surface area contributed by atoms with Crippen molar-refractivity contribution in [3.05, 3.63) is 96.1 Å². The number of rotatable bonds is 16. The highest BCUT2D eigenvalue weighted by Crippen LogP contribution is 2.44. The van der Waals surface area contributed by atoms with Crippen LogP contribution in [0.25, 0.3) is 21.8 Å². The molecule has 0 aliphatic rings. The molecule has 336 valence electrons. The van der Waals surface area contributed by atoms with Gasteiger partial charge in [-0.3, -0.25) is 19.2 Å². The molecule has 0 bridgehead atoms. The van der Waals surface area contributed by atoms with E-state index in [1.807, 2.05) is 36.4 Å². The van der Waals surface area contributed by atoms with Gasteiger partial charge < -0.3 is 60.4 Å². The molecule has 18 heteroatoms. The van der Waals surface area contributed by atoms with Crippen LogP contribution in [0, 0.1) is 0 Å². The summed E-state index contributed by atoms with van der Waals surface area (Å²) in [4.78, 5) is 56.3. The monoisotopic (exact) mass is 878 g/mol. The van der Waals surface area contributed by atoms with E-state index < -0.39 is 29.4 Å². The maximum Gasteiger partial charge on any atom is 0.308 e. The van der Waals surface area contributed by atoms with Crippen molar-refractivity contribution in [1.82, 2.24) is 20.6 Å². The van der Waals surface area contributed by atoms with Crippen LogP contribution in [0.3, 0.4) is 0 Å². The number of ether oxygens (including phenoxy) is 7. The van der Waals surface area contributed by atoms with Crippen molar-refractivity contribution in [3.8, 4) is 46.0 Å². The third-order valence-corrected chi connectivity index (χ3v) is 8.94. The second-order valence-electron chi connectivity index (χ2n) is 14.7. The molecule has 0 fully saturated rings. The Balaban J connectivity index is 0.000000243.